The van der Waals surface area contributed by atoms with Gasteiger partial charge < -0.3 is 0 Å². The minimum absolute atomic E-state index is 0.0498. The molecule has 1 fully saturated rings. The largest absolute Gasteiger partial charge is 0.278 e. The molecule has 0 saturated carbocycles. The first-order chi connectivity index (χ1) is 9.24. The Labute approximate surface area is 113 Å². The van der Waals surface area contributed by atoms with Gasteiger partial charge >= 0.3 is 0 Å². The van der Waals surface area contributed by atoms with Crippen LogP contribution in [0.3, 0.4) is 0 Å². The Balaban J connectivity index is 2.19. The van der Waals surface area contributed by atoms with Crippen molar-refractivity contribution in [3.05, 3.63) is 48.6 Å². The van der Waals surface area contributed by atoms with Crippen molar-refractivity contribution >= 4 is 11.8 Å². The first-order valence-corrected chi connectivity index (χ1v) is 6.75. The fourth-order valence-corrected chi connectivity index (χ4v) is 2.47. The molecule has 100 valence electrons. The highest BCUT2D eigenvalue weighted by Crippen LogP contribution is 2.22. The summed E-state index contributed by atoms with van der Waals surface area (Å²) >= 11 is 0. The monoisotopic (exact) mass is 257 g/mol. The second-order valence-electron chi connectivity index (χ2n) is 4.88. The predicted molar refractivity (Wildman–Crippen MR) is 74.6 cm³/mol. The molecule has 0 aromatic heterocycles. The number of carbonyl (C=O) groups is 2. The molecule has 0 N–H and O–H groups in total. The van der Waals surface area contributed by atoms with Gasteiger partial charge in [-0.1, -0.05) is 30.7 Å². The van der Waals surface area contributed by atoms with Gasteiger partial charge in [-0.3, -0.25) is 14.5 Å². The summed E-state index contributed by atoms with van der Waals surface area (Å²) < 4.78 is 0. The summed E-state index contributed by atoms with van der Waals surface area (Å²) in [7, 11) is 0. The zero-order chi connectivity index (χ0) is 13.7. The van der Waals surface area contributed by atoms with Gasteiger partial charge in [-0.05, 0) is 31.4 Å². The molecule has 1 atom stereocenters. The fourth-order valence-electron chi connectivity index (χ4n) is 2.47. The van der Waals surface area contributed by atoms with Crippen LogP contribution in [0.5, 0.6) is 0 Å². The van der Waals surface area contributed by atoms with E-state index in [-0.39, 0.29) is 17.7 Å². The lowest BCUT2D eigenvalue weighted by Crippen LogP contribution is -2.39. The van der Waals surface area contributed by atoms with E-state index in [1.807, 2.05) is 18.2 Å². The summed E-state index contributed by atoms with van der Waals surface area (Å²) in [6.45, 7) is 4.22. The molecule has 0 unspecified atom stereocenters. The number of imide groups is 1. The number of likely N-dealkylation sites (tertiary alicyclic amines) is 1. The van der Waals surface area contributed by atoms with E-state index in [1.165, 1.54) is 4.90 Å². The molecule has 3 nitrogen and oxygen atoms in total. The number of hydrogen-bond donors (Lipinski definition) is 0. The van der Waals surface area contributed by atoms with Crippen LogP contribution < -0.4 is 0 Å². The number of rotatable bonds is 3. The summed E-state index contributed by atoms with van der Waals surface area (Å²) in [5.74, 6) is -0.319. The third-order valence-corrected chi connectivity index (χ3v) is 3.52. The average molecular weight is 257 g/mol. The first-order valence-electron chi connectivity index (χ1n) is 6.75. The Bertz CT molecular complexity index is 467. The van der Waals surface area contributed by atoms with Gasteiger partial charge in [0.05, 0.1) is 0 Å². The lowest BCUT2D eigenvalue weighted by atomic mass is 9.98. The highest BCUT2D eigenvalue weighted by atomic mass is 16.2. The predicted octanol–water partition coefficient (Wildman–Crippen LogP) is 3.03. The van der Waals surface area contributed by atoms with Crippen LogP contribution in [-0.2, 0) is 4.79 Å². The van der Waals surface area contributed by atoms with E-state index in [4.69, 9.17) is 0 Å². The van der Waals surface area contributed by atoms with Crippen LogP contribution in [-0.4, -0.2) is 23.3 Å². The quantitative estimate of drug-likeness (QED) is 0.616. The minimum Gasteiger partial charge on any atom is -0.278 e. The molecular weight excluding hydrogens is 238 g/mol. The molecule has 0 spiro atoms. The summed E-state index contributed by atoms with van der Waals surface area (Å²) in [6.07, 6.45) is 5.14. The van der Waals surface area contributed by atoms with Gasteiger partial charge in [-0.25, -0.2) is 0 Å². The topological polar surface area (TPSA) is 37.4 Å². The van der Waals surface area contributed by atoms with Gasteiger partial charge in [-0.2, -0.15) is 0 Å². The van der Waals surface area contributed by atoms with Gasteiger partial charge in [0.15, 0.2) is 0 Å². The maximum Gasteiger partial charge on any atom is 0.260 e. The fraction of sp³-hybridized carbons (Fsp3) is 0.375. The van der Waals surface area contributed by atoms with Crippen molar-refractivity contribution in [2.75, 3.05) is 6.54 Å². The first kappa shape index (κ1) is 13.5. The molecule has 19 heavy (non-hydrogen) atoms. The third-order valence-electron chi connectivity index (χ3n) is 3.52. The molecule has 0 radical (unpaired) electrons. The maximum atomic E-state index is 12.4. The number of allylic oxidation sites excluding steroid dienone is 1. The van der Waals surface area contributed by atoms with Crippen molar-refractivity contribution in [3.8, 4) is 0 Å². The van der Waals surface area contributed by atoms with Crippen LogP contribution in [0.2, 0.25) is 0 Å². The average Bonchev–Trinajstić information content (AvgIpc) is 2.62. The Kier molecular flexibility index (Phi) is 4.50. The van der Waals surface area contributed by atoms with Crippen LogP contribution in [0.25, 0.3) is 0 Å². The Hall–Kier alpha value is -1.90. The summed E-state index contributed by atoms with van der Waals surface area (Å²) in [6, 6.07) is 9.00. The molecule has 1 heterocycles. The Morgan fingerprint density at radius 1 is 1.32 bits per heavy atom. The molecular formula is C16H19NO2. The van der Waals surface area contributed by atoms with E-state index in [9.17, 15) is 9.59 Å². The van der Waals surface area contributed by atoms with E-state index in [0.717, 1.165) is 19.3 Å². The molecule has 2 rings (SSSR count). The standard InChI is InChI=1S/C16H19NO2/c1-2-8-13-11-6-7-12-17(15(13)18)16(19)14-9-4-3-5-10-14/h2-5,9-10,13H,1,6-8,11-12H2/t13-/m1/s1. The van der Waals surface area contributed by atoms with Crippen LogP contribution in [0.1, 0.15) is 36.0 Å². The zero-order valence-corrected chi connectivity index (χ0v) is 11.0. The molecule has 0 bridgehead atoms. The van der Waals surface area contributed by atoms with E-state index < -0.39 is 0 Å². The van der Waals surface area contributed by atoms with Gasteiger partial charge in [-0.15, -0.1) is 6.58 Å². The van der Waals surface area contributed by atoms with Crippen LogP contribution in [0.15, 0.2) is 43.0 Å². The van der Waals surface area contributed by atoms with Crippen LogP contribution >= 0.6 is 0 Å². The van der Waals surface area contributed by atoms with Crippen molar-refractivity contribution < 1.29 is 9.59 Å². The summed E-state index contributed by atoms with van der Waals surface area (Å²) in [4.78, 5) is 26.2. The van der Waals surface area contributed by atoms with Gasteiger partial charge in [0, 0.05) is 18.0 Å². The van der Waals surface area contributed by atoms with Crippen molar-refractivity contribution in [2.24, 2.45) is 5.92 Å². The number of nitrogens with zero attached hydrogens (tertiary/aromatic N) is 1. The van der Waals surface area contributed by atoms with E-state index in [1.54, 1.807) is 18.2 Å². The molecule has 3 heteroatoms. The maximum absolute atomic E-state index is 12.4. The SMILES string of the molecule is C=CC[C@@H]1CCCCN(C(=O)c2ccccc2)C1=O. The second kappa shape index (κ2) is 6.32. The summed E-state index contributed by atoms with van der Waals surface area (Å²) in [5, 5.41) is 0. The smallest absolute Gasteiger partial charge is 0.260 e. The summed E-state index contributed by atoms with van der Waals surface area (Å²) in [5.41, 5.74) is 0.579. The molecule has 0 aliphatic carbocycles. The molecule has 1 aromatic carbocycles. The van der Waals surface area contributed by atoms with Crippen molar-refractivity contribution in [1.29, 1.82) is 0 Å². The second-order valence-corrected chi connectivity index (χ2v) is 4.88. The number of amides is 2. The molecule has 1 aromatic rings. The third kappa shape index (κ3) is 3.11. The van der Waals surface area contributed by atoms with Crippen molar-refractivity contribution in [3.63, 3.8) is 0 Å². The van der Waals surface area contributed by atoms with E-state index in [2.05, 4.69) is 6.58 Å². The Morgan fingerprint density at radius 2 is 2.05 bits per heavy atom. The minimum atomic E-state index is -0.179. The highest BCUT2D eigenvalue weighted by Gasteiger charge is 2.30. The van der Waals surface area contributed by atoms with Gasteiger partial charge in [0.2, 0.25) is 5.91 Å². The lowest BCUT2D eigenvalue weighted by molar-refractivity contribution is -0.132. The molecule has 2 amide bonds. The normalized spacial score (nSPS) is 19.9. The van der Waals surface area contributed by atoms with Crippen molar-refractivity contribution in [2.45, 2.75) is 25.7 Å². The number of carbonyl (C=O) groups excluding carboxylic acids is 2. The van der Waals surface area contributed by atoms with Gasteiger partial charge in [0.25, 0.3) is 5.91 Å². The highest BCUT2D eigenvalue weighted by molar-refractivity contribution is 6.05. The molecule has 1 aliphatic rings. The number of benzene rings is 1. The molecule has 1 aliphatic heterocycles. The van der Waals surface area contributed by atoms with Crippen molar-refractivity contribution in [1.82, 2.24) is 4.90 Å². The van der Waals surface area contributed by atoms with Crippen LogP contribution in [0.4, 0.5) is 0 Å². The van der Waals surface area contributed by atoms with E-state index >= 15 is 0 Å². The molecule has 1 saturated heterocycles. The number of hydrogen-bond acceptors (Lipinski definition) is 2. The lowest BCUT2D eigenvalue weighted by Gasteiger charge is -2.22. The zero-order valence-electron chi connectivity index (χ0n) is 11.0. The van der Waals surface area contributed by atoms with Gasteiger partial charge in [0.1, 0.15) is 0 Å². The van der Waals surface area contributed by atoms with E-state index in [0.29, 0.717) is 18.5 Å². The van der Waals surface area contributed by atoms with Crippen LogP contribution in [0, 0.1) is 5.92 Å². The Morgan fingerprint density at radius 3 is 2.74 bits per heavy atom.